The number of carbonyl (C=O) groups excluding carboxylic acids is 4. The van der Waals surface area contributed by atoms with Gasteiger partial charge in [0, 0.05) is 26.1 Å². The third kappa shape index (κ3) is 6.41. The largest absolute Gasteiger partial charge is 0.455 e. The third-order valence-corrected chi connectivity index (χ3v) is 10.1. The van der Waals surface area contributed by atoms with Gasteiger partial charge in [-0.25, -0.2) is 0 Å². The van der Waals surface area contributed by atoms with Crippen LogP contribution in [0, 0.1) is 11.8 Å². The lowest BCUT2D eigenvalue weighted by molar-refractivity contribution is -0.161. The summed E-state index contributed by atoms with van der Waals surface area (Å²) in [6, 6.07) is 14.7. The molecule has 48 heavy (non-hydrogen) atoms. The van der Waals surface area contributed by atoms with Crippen LogP contribution in [0.5, 0.6) is 0 Å². The second kappa shape index (κ2) is 14.6. The summed E-state index contributed by atoms with van der Waals surface area (Å²) in [6.45, 7) is 2.36. The van der Waals surface area contributed by atoms with Gasteiger partial charge in [-0.2, -0.15) is 0 Å². The van der Waals surface area contributed by atoms with E-state index in [9.17, 15) is 24.3 Å². The van der Waals surface area contributed by atoms with Gasteiger partial charge in [0.1, 0.15) is 23.7 Å². The van der Waals surface area contributed by atoms with Crippen molar-refractivity contribution in [1.82, 2.24) is 10.2 Å². The number of cyclic esters (lactones) is 1. The fourth-order valence-corrected chi connectivity index (χ4v) is 7.82. The van der Waals surface area contributed by atoms with Crippen molar-refractivity contribution in [3.05, 3.63) is 89.5 Å². The number of esters is 1. The number of rotatable bonds is 8. The molecule has 2 aromatic carbocycles. The van der Waals surface area contributed by atoms with Gasteiger partial charge in [0.25, 0.3) is 5.91 Å². The Morgan fingerprint density at radius 3 is 2.48 bits per heavy atom. The van der Waals surface area contributed by atoms with Gasteiger partial charge < -0.3 is 29.7 Å². The summed E-state index contributed by atoms with van der Waals surface area (Å²) < 4.78 is 13.1. The number of hydrogen-bond acceptors (Lipinski definition) is 7. The van der Waals surface area contributed by atoms with E-state index in [0.29, 0.717) is 35.5 Å². The van der Waals surface area contributed by atoms with E-state index in [0.717, 1.165) is 12.8 Å². The second-order valence-electron chi connectivity index (χ2n) is 12.9. The Bertz CT molecular complexity index is 1580. The maximum Gasteiger partial charge on any atom is 0.313 e. The van der Waals surface area contributed by atoms with Crippen molar-refractivity contribution in [3.63, 3.8) is 0 Å². The zero-order valence-electron chi connectivity index (χ0n) is 27.0. The minimum atomic E-state index is -1.45. The number of benzene rings is 2. The predicted molar refractivity (Wildman–Crippen MR) is 180 cm³/mol. The Balaban J connectivity index is 1.41. The quantitative estimate of drug-likeness (QED) is 0.240. The number of aliphatic hydroxyl groups is 1. The minimum Gasteiger partial charge on any atom is -0.455 e. The molecule has 10 nitrogen and oxygen atoms in total. The molecular formula is C37H42ClN3O7. The van der Waals surface area contributed by atoms with Crippen LogP contribution in [0.15, 0.2) is 78.9 Å². The van der Waals surface area contributed by atoms with Gasteiger partial charge in [0.2, 0.25) is 11.8 Å². The number of fused-ring (bicyclic) bond motifs is 2. The first-order valence-electron chi connectivity index (χ1n) is 16.8. The fraction of sp³-hybridized carbons (Fsp3) is 0.459. The Morgan fingerprint density at radius 1 is 0.958 bits per heavy atom. The van der Waals surface area contributed by atoms with Crippen LogP contribution in [0.25, 0.3) is 0 Å². The highest BCUT2D eigenvalue weighted by Gasteiger charge is 2.71. The van der Waals surface area contributed by atoms with Gasteiger partial charge >= 0.3 is 5.97 Å². The lowest BCUT2D eigenvalue weighted by atomic mass is 9.77. The number of ether oxygens (including phenoxy) is 2. The number of nitrogens with one attached hydrogen (secondary N) is 1. The smallest absolute Gasteiger partial charge is 0.313 e. The molecule has 11 heteroatoms. The van der Waals surface area contributed by atoms with Gasteiger partial charge in [-0.1, -0.05) is 91.2 Å². The van der Waals surface area contributed by atoms with Gasteiger partial charge in [0.05, 0.1) is 28.8 Å². The van der Waals surface area contributed by atoms with Crippen molar-refractivity contribution >= 4 is 41.0 Å². The molecule has 0 saturated carbocycles. The predicted octanol–water partition coefficient (Wildman–Crippen LogP) is 4.52. The number of amides is 3. The Morgan fingerprint density at radius 2 is 1.71 bits per heavy atom. The summed E-state index contributed by atoms with van der Waals surface area (Å²) in [5.74, 6) is -3.58. The number of nitrogens with zero attached hydrogens (tertiary/aromatic N) is 2. The first-order chi connectivity index (χ1) is 23.3. The van der Waals surface area contributed by atoms with Gasteiger partial charge in [-0.15, -0.1) is 0 Å². The highest BCUT2D eigenvalue weighted by atomic mass is 35.5. The van der Waals surface area contributed by atoms with E-state index in [-0.39, 0.29) is 43.8 Å². The van der Waals surface area contributed by atoms with Crippen LogP contribution in [0.4, 0.5) is 5.69 Å². The van der Waals surface area contributed by atoms with Crippen LogP contribution in [0.2, 0.25) is 5.02 Å². The van der Waals surface area contributed by atoms with E-state index in [1.165, 1.54) is 0 Å². The second-order valence-corrected chi connectivity index (χ2v) is 13.3. The van der Waals surface area contributed by atoms with Crippen molar-refractivity contribution < 1.29 is 33.8 Å². The number of anilines is 1. The normalized spacial score (nSPS) is 31.1. The molecule has 1 spiro atoms. The average molecular weight is 676 g/mol. The molecule has 2 saturated heterocycles. The number of carbonyl (C=O) groups is 4. The molecule has 4 heterocycles. The molecule has 0 aliphatic carbocycles. The first kappa shape index (κ1) is 33.9. The maximum absolute atomic E-state index is 14.7. The zero-order chi connectivity index (χ0) is 33.8. The summed E-state index contributed by atoms with van der Waals surface area (Å²) in [6.07, 6.45) is 8.85. The number of para-hydroxylation sites is 1. The van der Waals surface area contributed by atoms with Crippen LogP contribution >= 0.6 is 11.6 Å². The molecule has 0 bridgehead atoms. The summed E-state index contributed by atoms with van der Waals surface area (Å²) in [4.78, 5) is 59.7. The molecule has 7 atom stereocenters. The van der Waals surface area contributed by atoms with E-state index >= 15 is 0 Å². The van der Waals surface area contributed by atoms with Gasteiger partial charge in [-0.3, -0.25) is 19.2 Å². The molecule has 0 aromatic heterocycles. The topological polar surface area (TPSA) is 125 Å². The number of aliphatic hydroxyl groups excluding tert-OH is 1. The Hall–Kier alpha value is -3.99. The van der Waals surface area contributed by atoms with Crippen molar-refractivity contribution in [2.75, 3.05) is 24.6 Å². The first-order valence-corrected chi connectivity index (χ1v) is 17.2. The van der Waals surface area contributed by atoms with E-state index in [4.69, 9.17) is 21.1 Å². The van der Waals surface area contributed by atoms with Crippen molar-refractivity contribution in [3.8, 4) is 0 Å². The Kier molecular flexibility index (Phi) is 10.3. The molecule has 254 valence electrons. The minimum absolute atomic E-state index is 0.0886. The number of allylic oxidation sites excluding steroid dienone is 1. The molecule has 2 fully saturated rings. The monoisotopic (exact) mass is 675 g/mol. The van der Waals surface area contributed by atoms with Crippen LogP contribution in [0.1, 0.15) is 57.1 Å². The molecule has 3 amide bonds. The molecule has 4 aliphatic rings. The zero-order valence-corrected chi connectivity index (χ0v) is 27.8. The summed E-state index contributed by atoms with van der Waals surface area (Å²) >= 11 is 6.57. The average Bonchev–Trinajstić information content (AvgIpc) is 3.46. The number of unbranched alkanes of at least 4 members (excludes halogenated alkanes) is 3. The molecular weight excluding hydrogens is 634 g/mol. The number of halogens is 1. The highest BCUT2D eigenvalue weighted by molar-refractivity contribution is 6.34. The summed E-state index contributed by atoms with van der Waals surface area (Å²) in [7, 11) is 0. The van der Waals surface area contributed by atoms with E-state index in [1.807, 2.05) is 36.4 Å². The van der Waals surface area contributed by atoms with E-state index < -0.39 is 47.7 Å². The van der Waals surface area contributed by atoms with E-state index in [2.05, 4.69) is 5.32 Å². The van der Waals surface area contributed by atoms with Crippen LogP contribution in [-0.2, 0) is 28.7 Å². The van der Waals surface area contributed by atoms with Gasteiger partial charge in [-0.05, 0) is 43.9 Å². The van der Waals surface area contributed by atoms with Crippen molar-refractivity contribution in [1.29, 1.82) is 0 Å². The standard InChI is InChI=1S/C37H42ClN3O7/c1-24-32(25-14-5-4-6-15-25)47-36(46)30-28(18-9-10-19-29(43)39-24)48-37-20-13-22-40(27-17-8-7-16-26(27)38)35(45)33(37)41(34(44)31(30)37)21-11-2-3-12-23-42/h4-9,13-18,20,24,28,30-33,42H,2-3,10-12,19,21-23H2,1H3,(H,39,43)/b18-9-/t24-,28-,30+,31+,32+,33-,37+/m0/s1. The van der Waals surface area contributed by atoms with Gasteiger partial charge in [0.15, 0.2) is 0 Å². The molecule has 6 rings (SSSR count). The van der Waals surface area contributed by atoms with Crippen LogP contribution in [0.3, 0.4) is 0 Å². The van der Waals surface area contributed by atoms with Crippen LogP contribution < -0.4 is 10.2 Å². The van der Waals surface area contributed by atoms with E-state index in [1.54, 1.807) is 59.2 Å². The molecule has 0 radical (unpaired) electrons. The van der Waals surface area contributed by atoms with Crippen molar-refractivity contribution in [2.24, 2.45) is 11.8 Å². The maximum atomic E-state index is 14.7. The SMILES string of the molecule is C[C@@H]1NC(=O)CC/C=C\[C@@H]2O[C@@]34C=CCN(c5ccccc5Cl)C(=O)[C@@H]3N(CCCCCCO)C(=O)[C@H]4[C@@H]2C(=O)O[C@H]1c1ccccc1. The lowest BCUT2D eigenvalue weighted by Gasteiger charge is -2.35. The number of likely N-dealkylation sites (tertiary alicyclic amines) is 1. The lowest BCUT2D eigenvalue weighted by Crippen LogP contribution is -2.55. The Labute approximate surface area is 285 Å². The fourth-order valence-electron chi connectivity index (χ4n) is 7.58. The van der Waals surface area contributed by atoms with Crippen LogP contribution in [-0.4, -0.2) is 77.2 Å². The molecule has 2 aromatic rings. The highest BCUT2D eigenvalue weighted by Crippen LogP contribution is 2.53. The van der Waals surface area contributed by atoms with Crippen molar-refractivity contribution in [2.45, 2.75) is 75.3 Å². The molecule has 4 aliphatic heterocycles. The molecule has 2 N–H and O–H groups in total. The third-order valence-electron chi connectivity index (χ3n) is 9.79. The molecule has 0 unspecified atom stereocenters. The number of hydrogen-bond donors (Lipinski definition) is 2. The summed E-state index contributed by atoms with van der Waals surface area (Å²) in [5.41, 5.74) is -0.224. The summed E-state index contributed by atoms with van der Waals surface area (Å²) in [5, 5.41) is 12.6.